The van der Waals surface area contributed by atoms with Crippen LogP contribution in [0.3, 0.4) is 0 Å². The van der Waals surface area contributed by atoms with Crippen LogP contribution in [0.4, 0.5) is 0 Å². The van der Waals surface area contributed by atoms with Crippen molar-refractivity contribution in [2.75, 3.05) is 7.05 Å². The van der Waals surface area contributed by atoms with Crippen LogP contribution < -0.4 is 15.4 Å². The molecule has 2 aromatic rings. The number of nitrogens with one attached hydrogen (secondary N) is 3. The van der Waals surface area contributed by atoms with Crippen molar-refractivity contribution in [2.24, 2.45) is 4.99 Å². The zero-order chi connectivity index (χ0) is 19.9. The molecule has 0 aliphatic heterocycles. The number of benzene rings is 1. The summed E-state index contributed by atoms with van der Waals surface area (Å²) < 4.78 is 27.1. The Morgan fingerprint density at radius 2 is 1.74 bits per heavy atom. The number of hydrogen-bond donors (Lipinski definition) is 3. The van der Waals surface area contributed by atoms with Crippen molar-refractivity contribution < 1.29 is 8.42 Å². The van der Waals surface area contributed by atoms with Gasteiger partial charge in [0.15, 0.2) is 5.96 Å². The number of aryl methyl sites for hydroxylation is 1. The minimum Gasteiger partial charge on any atom is -0.352 e. The highest BCUT2D eigenvalue weighted by Gasteiger charge is 2.15. The molecule has 0 aliphatic rings. The van der Waals surface area contributed by atoms with Gasteiger partial charge in [0, 0.05) is 29.4 Å². The maximum absolute atomic E-state index is 12.3. The Morgan fingerprint density at radius 1 is 1.07 bits per heavy atom. The average Bonchev–Trinajstić information content (AvgIpc) is 3.00. The van der Waals surface area contributed by atoms with E-state index >= 15 is 0 Å². The van der Waals surface area contributed by atoms with Crippen molar-refractivity contribution >= 4 is 27.3 Å². The molecule has 0 aliphatic carbocycles. The molecular weight excluding hydrogens is 380 g/mol. The molecular formula is C19H28N4O2S2. The van der Waals surface area contributed by atoms with Crippen LogP contribution in [0, 0.1) is 6.92 Å². The number of sulfonamides is 1. The number of aliphatic imine (C=N–C) groups is 1. The summed E-state index contributed by atoms with van der Waals surface area (Å²) in [7, 11) is -1.65. The first-order chi connectivity index (χ1) is 12.8. The van der Waals surface area contributed by atoms with E-state index in [0.717, 1.165) is 11.1 Å². The molecule has 0 bridgehead atoms. The number of guanidine groups is 1. The highest BCUT2D eigenvalue weighted by molar-refractivity contribution is 7.88. The van der Waals surface area contributed by atoms with Crippen LogP contribution in [-0.4, -0.2) is 27.5 Å². The van der Waals surface area contributed by atoms with Gasteiger partial charge >= 0.3 is 0 Å². The lowest BCUT2D eigenvalue weighted by atomic mass is 10.1. The molecule has 0 atom stereocenters. The molecule has 0 saturated carbocycles. The molecule has 27 heavy (non-hydrogen) atoms. The Labute approximate surface area is 166 Å². The minimum atomic E-state index is -3.37. The maximum Gasteiger partial charge on any atom is 0.216 e. The Hall–Kier alpha value is -1.90. The minimum absolute atomic E-state index is 0.0382. The van der Waals surface area contributed by atoms with Crippen molar-refractivity contribution in [2.45, 2.75) is 45.7 Å². The summed E-state index contributed by atoms with van der Waals surface area (Å²) in [6.07, 6.45) is 0. The van der Waals surface area contributed by atoms with Gasteiger partial charge in [-0.1, -0.05) is 24.3 Å². The van der Waals surface area contributed by atoms with Crippen molar-refractivity contribution in [1.29, 1.82) is 0 Å². The zero-order valence-corrected chi connectivity index (χ0v) is 17.9. The Bertz CT molecular complexity index is 873. The molecule has 2 rings (SSSR count). The second-order valence-corrected chi connectivity index (χ2v) is 9.72. The van der Waals surface area contributed by atoms with Gasteiger partial charge in [0.2, 0.25) is 10.0 Å². The fourth-order valence-corrected chi connectivity index (χ4v) is 4.95. The first-order valence-electron chi connectivity index (χ1n) is 8.85. The van der Waals surface area contributed by atoms with E-state index in [2.05, 4.69) is 39.4 Å². The van der Waals surface area contributed by atoms with Crippen LogP contribution >= 0.6 is 11.3 Å². The van der Waals surface area contributed by atoms with Crippen molar-refractivity contribution in [1.82, 2.24) is 15.4 Å². The maximum atomic E-state index is 12.3. The third kappa shape index (κ3) is 7.32. The van der Waals surface area contributed by atoms with Gasteiger partial charge < -0.3 is 10.6 Å². The van der Waals surface area contributed by atoms with Crippen LogP contribution in [0.25, 0.3) is 0 Å². The summed E-state index contributed by atoms with van der Waals surface area (Å²) >= 11 is 1.75. The molecule has 0 amide bonds. The van der Waals surface area contributed by atoms with Crippen LogP contribution in [-0.2, 0) is 28.9 Å². The molecule has 0 radical (unpaired) electrons. The molecule has 1 aromatic heterocycles. The third-order valence-corrected chi connectivity index (χ3v) is 6.30. The lowest BCUT2D eigenvalue weighted by Crippen LogP contribution is -2.36. The molecule has 148 valence electrons. The molecule has 1 aromatic carbocycles. The van der Waals surface area contributed by atoms with E-state index in [-0.39, 0.29) is 11.8 Å². The molecule has 1 heterocycles. The monoisotopic (exact) mass is 408 g/mol. The van der Waals surface area contributed by atoms with Crippen molar-refractivity contribution in [3.05, 3.63) is 57.3 Å². The summed E-state index contributed by atoms with van der Waals surface area (Å²) in [4.78, 5) is 6.75. The number of thiophene rings is 1. The summed E-state index contributed by atoms with van der Waals surface area (Å²) in [5.74, 6) is 0.641. The highest BCUT2D eigenvalue weighted by Crippen LogP contribution is 2.15. The summed E-state index contributed by atoms with van der Waals surface area (Å²) in [5, 5.41) is 6.54. The summed E-state index contributed by atoms with van der Waals surface area (Å²) in [6, 6.07) is 11.6. The van der Waals surface area contributed by atoms with Gasteiger partial charge in [0.1, 0.15) is 0 Å². The molecule has 6 nitrogen and oxygen atoms in total. The SMILES string of the molecule is CN=C(NCc1ccc(C)s1)NCc1ccccc1CS(=O)(=O)NC(C)C. The molecule has 8 heteroatoms. The van der Waals surface area contributed by atoms with Gasteiger partial charge in [0.25, 0.3) is 0 Å². The van der Waals surface area contributed by atoms with Crippen LogP contribution in [0.5, 0.6) is 0 Å². The van der Waals surface area contributed by atoms with Gasteiger partial charge in [-0.05, 0) is 44.0 Å². The molecule has 0 saturated heterocycles. The predicted octanol–water partition coefficient (Wildman–Crippen LogP) is 2.75. The van der Waals surface area contributed by atoms with Crippen LogP contribution in [0.15, 0.2) is 41.4 Å². The zero-order valence-electron chi connectivity index (χ0n) is 16.2. The molecule has 0 spiro atoms. The Morgan fingerprint density at radius 3 is 2.33 bits per heavy atom. The van der Waals surface area contributed by atoms with E-state index in [1.807, 2.05) is 38.1 Å². The highest BCUT2D eigenvalue weighted by atomic mass is 32.2. The van der Waals surface area contributed by atoms with E-state index in [9.17, 15) is 8.42 Å². The van der Waals surface area contributed by atoms with Gasteiger partial charge in [0.05, 0.1) is 12.3 Å². The number of rotatable bonds is 8. The van der Waals surface area contributed by atoms with Gasteiger partial charge in [-0.3, -0.25) is 4.99 Å². The van der Waals surface area contributed by atoms with Crippen LogP contribution in [0.1, 0.15) is 34.7 Å². The Kier molecular flexibility index (Phi) is 7.82. The number of hydrogen-bond acceptors (Lipinski definition) is 4. The first-order valence-corrected chi connectivity index (χ1v) is 11.3. The topological polar surface area (TPSA) is 82.6 Å². The predicted molar refractivity (Wildman–Crippen MR) is 113 cm³/mol. The lowest BCUT2D eigenvalue weighted by molar-refractivity contribution is 0.568. The van der Waals surface area contributed by atoms with Crippen molar-refractivity contribution in [3.63, 3.8) is 0 Å². The molecule has 0 fully saturated rings. The number of nitrogens with zero attached hydrogens (tertiary/aromatic N) is 1. The second-order valence-electron chi connectivity index (χ2n) is 6.59. The molecule has 3 N–H and O–H groups in total. The average molecular weight is 409 g/mol. The largest absolute Gasteiger partial charge is 0.352 e. The van der Waals surface area contributed by atoms with Gasteiger partial charge in [-0.15, -0.1) is 11.3 Å². The fraction of sp³-hybridized carbons (Fsp3) is 0.421. The quantitative estimate of drug-likeness (QED) is 0.463. The summed E-state index contributed by atoms with van der Waals surface area (Å²) in [6.45, 7) is 6.91. The Balaban J connectivity index is 1.98. The smallest absolute Gasteiger partial charge is 0.216 e. The fourth-order valence-electron chi connectivity index (χ4n) is 2.63. The van der Waals surface area contributed by atoms with Gasteiger partial charge in [-0.25, -0.2) is 13.1 Å². The van der Waals surface area contributed by atoms with E-state index in [0.29, 0.717) is 19.0 Å². The molecule has 0 unspecified atom stereocenters. The van der Waals surface area contributed by atoms with E-state index in [1.165, 1.54) is 9.75 Å². The van der Waals surface area contributed by atoms with Crippen LogP contribution in [0.2, 0.25) is 0 Å². The third-order valence-electron chi connectivity index (χ3n) is 3.78. The summed E-state index contributed by atoms with van der Waals surface area (Å²) in [5.41, 5.74) is 1.71. The van der Waals surface area contributed by atoms with E-state index in [4.69, 9.17) is 0 Å². The van der Waals surface area contributed by atoms with E-state index in [1.54, 1.807) is 18.4 Å². The second kappa shape index (κ2) is 9.87. The lowest BCUT2D eigenvalue weighted by Gasteiger charge is -2.15. The standard InChI is InChI=1S/C19H28N4O2S2/c1-14(2)23-27(24,25)13-17-8-6-5-7-16(17)11-21-19(20-4)22-12-18-10-9-15(3)26-18/h5-10,14,23H,11-13H2,1-4H3,(H2,20,21,22). The first kappa shape index (κ1) is 21.4. The van der Waals surface area contributed by atoms with Crippen molar-refractivity contribution in [3.8, 4) is 0 Å². The van der Waals surface area contributed by atoms with E-state index < -0.39 is 10.0 Å². The van der Waals surface area contributed by atoms with Gasteiger partial charge in [-0.2, -0.15) is 0 Å². The normalized spacial score (nSPS) is 12.4.